The van der Waals surface area contributed by atoms with Crippen molar-refractivity contribution in [2.45, 2.75) is 32.4 Å². The summed E-state index contributed by atoms with van der Waals surface area (Å²) in [6.45, 7) is 2.96. The van der Waals surface area contributed by atoms with E-state index in [4.69, 9.17) is 4.74 Å². The van der Waals surface area contributed by atoms with Crippen LogP contribution in [0.25, 0.3) is 11.0 Å². The third-order valence-electron chi connectivity index (χ3n) is 4.36. The molecule has 0 bridgehead atoms. The molecule has 0 radical (unpaired) electrons. The quantitative estimate of drug-likeness (QED) is 0.359. The Morgan fingerprint density at radius 2 is 1.85 bits per heavy atom. The molecule has 1 heterocycles. The third-order valence-corrected chi connectivity index (χ3v) is 4.88. The molecule has 26 heavy (non-hydrogen) atoms. The Balaban J connectivity index is 0.00000243. The normalized spacial score (nSPS) is 12.0. The molecule has 140 valence electrons. The maximum absolute atomic E-state index is 10.5. The van der Waals surface area contributed by atoms with Gasteiger partial charge in [-0.1, -0.05) is 35.0 Å². The summed E-state index contributed by atoms with van der Waals surface area (Å²) in [7, 11) is 2.09. The average Bonchev–Trinajstić information content (AvgIpc) is 2.88. The third kappa shape index (κ3) is 4.78. The predicted octanol–water partition coefficient (Wildman–Crippen LogP) is 0.625. The number of rotatable bonds is 7. The van der Waals surface area contributed by atoms with Crippen LogP contribution in [0, 0.1) is 0 Å². The van der Waals surface area contributed by atoms with E-state index in [1.54, 1.807) is 0 Å². The van der Waals surface area contributed by atoms with Crippen LogP contribution >= 0.6 is 15.9 Å². The first-order valence-corrected chi connectivity index (χ1v) is 9.42. The molecule has 0 saturated heterocycles. The number of imidazole rings is 1. The van der Waals surface area contributed by atoms with E-state index in [9.17, 15) is 5.11 Å². The Kier molecular flexibility index (Phi) is 7.91. The fourth-order valence-electron chi connectivity index (χ4n) is 3.15. The fraction of sp³-hybridized carbons (Fsp3) is 0.350. The van der Waals surface area contributed by atoms with Crippen LogP contribution < -0.4 is 33.3 Å². The second-order valence-electron chi connectivity index (χ2n) is 6.24. The Morgan fingerprint density at radius 3 is 2.54 bits per heavy atom. The van der Waals surface area contributed by atoms with Crippen LogP contribution in [-0.4, -0.2) is 22.4 Å². The highest BCUT2D eigenvalue weighted by atomic mass is 127. The maximum atomic E-state index is 10.5. The molecule has 3 aromatic rings. The van der Waals surface area contributed by atoms with Crippen molar-refractivity contribution in [1.82, 2.24) is 4.57 Å². The highest BCUT2D eigenvalue weighted by molar-refractivity contribution is 9.10. The van der Waals surface area contributed by atoms with Crippen LogP contribution in [-0.2, 0) is 20.0 Å². The number of para-hydroxylation sites is 2. The number of nitrogens with zero attached hydrogens (tertiary/aromatic N) is 2. The van der Waals surface area contributed by atoms with Crippen molar-refractivity contribution < 1.29 is 38.4 Å². The van der Waals surface area contributed by atoms with E-state index < -0.39 is 6.10 Å². The van der Waals surface area contributed by atoms with Crippen molar-refractivity contribution in [3.05, 3.63) is 58.8 Å². The first kappa shape index (κ1) is 21.2. The van der Waals surface area contributed by atoms with E-state index >= 15 is 0 Å². The Hall–Kier alpha value is -1.12. The molecule has 1 aromatic heterocycles. The molecule has 0 aliphatic carbocycles. The first-order chi connectivity index (χ1) is 12.1. The van der Waals surface area contributed by atoms with Crippen molar-refractivity contribution in [3.63, 3.8) is 0 Å². The maximum Gasteiger partial charge on any atom is 0.257 e. The summed E-state index contributed by atoms with van der Waals surface area (Å²) >= 11 is 3.41. The van der Waals surface area contributed by atoms with Crippen molar-refractivity contribution >= 4 is 27.0 Å². The van der Waals surface area contributed by atoms with Crippen LogP contribution in [0.15, 0.2) is 53.0 Å². The zero-order valence-corrected chi connectivity index (χ0v) is 18.8. The van der Waals surface area contributed by atoms with Gasteiger partial charge in [-0.05, 0) is 42.8 Å². The molecular formula is C20H24BrIN2O2. The molecule has 1 atom stereocenters. The summed E-state index contributed by atoms with van der Waals surface area (Å²) in [5.41, 5.74) is 2.34. The molecule has 1 N–H and O–H groups in total. The molecule has 3 rings (SSSR count). The highest BCUT2D eigenvalue weighted by Crippen LogP contribution is 2.18. The van der Waals surface area contributed by atoms with Gasteiger partial charge in [-0.25, -0.2) is 9.13 Å². The van der Waals surface area contributed by atoms with Gasteiger partial charge in [0.1, 0.15) is 25.0 Å². The second kappa shape index (κ2) is 9.71. The van der Waals surface area contributed by atoms with Crippen molar-refractivity contribution in [3.8, 4) is 5.75 Å². The van der Waals surface area contributed by atoms with E-state index in [1.165, 1.54) is 11.3 Å². The van der Waals surface area contributed by atoms with E-state index in [2.05, 4.69) is 57.2 Å². The number of ether oxygens (including phenoxy) is 1. The minimum absolute atomic E-state index is 0. The van der Waals surface area contributed by atoms with Crippen molar-refractivity contribution in [1.29, 1.82) is 0 Å². The number of benzene rings is 2. The number of aryl methyl sites for hydroxylation is 1. The van der Waals surface area contributed by atoms with E-state index in [-0.39, 0.29) is 30.6 Å². The second-order valence-corrected chi connectivity index (χ2v) is 7.16. The van der Waals surface area contributed by atoms with Gasteiger partial charge in [-0.3, -0.25) is 0 Å². The van der Waals surface area contributed by atoms with Crippen LogP contribution in [0.3, 0.4) is 0 Å². The molecule has 6 heteroatoms. The lowest BCUT2D eigenvalue weighted by molar-refractivity contribution is -0.654. The van der Waals surface area contributed by atoms with E-state index in [0.717, 1.165) is 28.6 Å². The van der Waals surface area contributed by atoms with Gasteiger partial charge in [0.15, 0.2) is 11.0 Å². The minimum Gasteiger partial charge on any atom is -1.00 e. The van der Waals surface area contributed by atoms with Gasteiger partial charge in [0.25, 0.3) is 5.82 Å². The van der Waals surface area contributed by atoms with Crippen LogP contribution in [0.2, 0.25) is 0 Å². The standard InChI is InChI=1S/C20H24BrN2O2.HI/c1-3-6-20-22(2)18-7-4-5-8-19(18)23(20)13-16(24)14-25-17-11-9-15(21)10-12-17;/h4-5,7-12,16,24H,3,6,13-14H2,1-2H3;1H/q+1;/p-1. The largest absolute Gasteiger partial charge is 1.00 e. The van der Waals surface area contributed by atoms with Crippen molar-refractivity contribution in [2.75, 3.05) is 6.61 Å². The molecular weight excluding hydrogens is 507 g/mol. The molecule has 1 unspecified atom stereocenters. The Bertz CT molecular complexity index is 849. The summed E-state index contributed by atoms with van der Waals surface area (Å²) in [4.78, 5) is 0. The van der Waals surface area contributed by atoms with Gasteiger partial charge in [0, 0.05) is 10.9 Å². The number of hydrogen-bond acceptors (Lipinski definition) is 2. The topological polar surface area (TPSA) is 38.3 Å². The Morgan fingerprint density at radius 1 is 1.15 bits per heavy atom. The lowest BCUT2D eigenvalue weighted by atomic mass is 10.3. The molecule has 0 fully saturated rings. The minimum atomic E-state index is -0.574. The first-order valence-electron chi connectivity index (χ1n) is 8.62. The smallest absolute Gasteiger partial charge is 0.257 e. The zero-order valence-electron chi connectivity index (χ0n) is 15.0. The summed E-state index contributed by atoms with van der Waals surface area (Å²) < 4.78 is 11.2. The van der Waals surface area contributed by atoms with Crippen LogP contribution in [0.1, 0.15) is 19.2 Å². The highest BCUT2D eigenvalue weighted by Gasteiger charge is 2.23. The number of aromatic nitrogens is 2. The lowest BCUT2D eigenvalue weighted by Crippen LogP contribution is -3.00. The summed E-state index contributed by atoms with van der Waals surface area (Å²) in [6.07, 6.45) is 1.47. The van der Waals surface area contributed by atoms with Gasteiger partial charge in [0.2, 0.25) is 0 Å². The van der Waals surface area contributed by atoms with Gasteiger partial charge in [-0.15, -0.1) is 0 Å². The predicted molar refractivity (Wildman–Crippen MR) is 103 cm³/mol. The number of aliphatic hydroxyl groups excluding tert-OH is 1. The average molecular weight is 531 g/mol. The summed E-state index contributed by atoms with van der Waals surface area (Å²) in [6, 6.07) is 16.0. The number of halogens is 2. The van der Waals surface area contributed by atoms with Crippen LogP contribution in [0.4, 0.5) is 0 Å². The fourth-order valence-corrected chi connectivity index (χ4v) is 3.42. The van der Waals surface area contributed by atoms with Crippen LogP contribution in [0.5, 0.6) is 5.75 Å². The number of fused-ring (bicyclic) bond motifs is 1. The SMILES string of the molecule is CCCc1n(CC(O)COc2ccc(Br)cc2)c2ccccc2[n+]1C.[I-]. The molecule has 0 saturated carbocycles. The molecule has 0 aliphatic heterocycles. The number of hydrogen-bond donors (Lipinski definition) is 1. The summed E-state index contributed by atoms with van der Waals surface area (Å²) in [5, 5.41) is 10.5. The molecule has 4 nitrogen and oxygen atoms in total. The van der Waals surface area contributed by atoms with E-state index in [0.29, 0.717) is 6.54 Å². The van der Waals surface area contributed by atoms with Crippen molar-refractivity contribution in [2.24, 2.45) is 7.05 Å². The molecule has 2 aromatic carbocycles. The molecule has 0 amide bonds. The lowest BCUT2D eigenvalue weighted by Gasteiger charge is -2.12. The van der Waals surface area contributed by atoms with Gasteiger partial charge in [-0.2, -0.15) is 0 Å². The molecule has 0 aliphatic rings. The monoisotopic (exact) mass is 530 g/mol. The van der Waals surface area contributed by atoms with Gasteiger partial charge < -0.3 is 33.8 Å². The summed E-state index contributed by atoms with van der Waals surface area (Å²) in [5.74, 6) is 1.99. The van der Waals surface area contributed by atoms with E-state index in [1.807, 2.05) is 30.3 Å². The Labute approximate surface area is 179 Å². The number of aliphatic hydroxyl groups is 1. The molecule has 0 spiro atoms. The van der Waals surface area contributed by atoms with Gasteiger partial charge in [0.05, 0.1) is 7.05 Å². The van der Waals surface area contributed by atoms with Gasteiger partial charge >= 0.3 is 0 Å². The zero-order chi connectivity index (χ0) is 17.8.